The molecule has 1 unspecified atom stereocenters. The van der Waals surface area contributed by atoms with E-state index in [1.807, 2.05) is 0 Å². The van der Waals surface area contributed by atoms with Crippen LogP contribution in [0.15, 0.2) is 36.7 Å². The lowest BCUT2D eigenvalue weighted by atomic mass is 10.1. The van der Waals surface area contributed by atoms with Gasteiger partial charge in [-0.1, -0.05) is 12.1 Å². The van der Waals surface area contributed by atoms with Crippen molar-refractivity contribution in [1.29, 1.82) is 0 Å². The molecule has 28 heavy (non-hydrogen) atoms. The van der Waals surface area contributed by atoms with E-state index in [9.17, 15) is 22.8 Å². The number of aryl methyl sites for hydroxylation is 1. The Balaban J connectivity index is 0.00000392. The molecule has 2 N–H and O–H groups in total. The van der Waals surface area contributed by atoms with Crippen LogP contribution in [0.25, 0.3) is 0 Å². The summed E-state index contributed by atoms with van der Waals surface area (Å²) in [6.07, 6.45) is -1.66. The van der Waals surface area contributed by atoms with Crippen molar-refractivity contribution >= 4 is 29.9 Å². The molecule has 0 spiro atoms. The molecule has 1 aromatic heterocycles. The summed E-state index contributed by atoms with van der Waals surface area (Å²) in [4.78, 5) is 24.3. The summed E-state index contributed by atoms with van der Waals surface area (Å²) >= 11 is 0. The number of nitrogens with one attached hydrogen (secondary N) is 2. The van der Waals surface area contributed by atoms with Gasteiger partial charge in [-0.25, -0.2) is 0 Å². The van der Waals surface area contributed by atoms with Gasteiger partial charge in [-0.05, 0) is 24.7 Å². The third kappa shape index (κ3) is 5.96. The number of anilines is 1. The molecule has 0 radical (unpaired) electrons. The lowest BCUT2D eigenvalue weighted by molar-refractivity contribution is -0.184. The highest BCUT2D eigenvalue weighted by molar-refractivity contribution is 5.95. The first-order valence-corrected chi connectivity index (χ1v) is 7.99. The molecule has 0 bridgehead atoms. The lowest BCUT2D eigenvalue weighted by Crippen LogP contribution is -2.37. The molecule has 0 saturated carbocycles. The summed E-state index contributed by atoms with van der Waals surface area (Å²) in [5.41, 5.74) is 1.54. The molecular weight excluding hydrogens is 399 g/mol. The molecule has 1 heterocycles. The molecule has 2 rings (SSSR count). The SMILES string of the molecule is CNC(C(=O)Nc1cccc(CN(C)C(=O)C(F)(F)F)c1)c1cnn(C)c1.Cl. The topological polar surface area (TPSA) is 79.3 Å². The van der Waals surface area contributed by atoms with Crippen LogP contribution in [0.4, 0.5) is 18.9 Å². The molecule has 2 amide bonds. The van der Waals surface area contributed by atoms with Crippen molar-refractivity contribution in [3.63, 3.8) is 0 Å². The predicted octanol–water partition coefficient (Wildman–Crippen LogP) is 2.26. The molecule has 7 nitrogen and oxygen atoms in total. The van der Waals surface area contributed by atoms with Gasteiger partial charge in [-0.15, -0.1) is 12.4 Å². The van der Waals surface area contributed by atoms with Gasteiger partial charge >= 0.3 is 12.1 Å². The fourth-order valence-electron chi connectivity index (χ4n) is 2.56. The second-order valence-corrected chi connectivity index (χ2v) is 6.02. The molecular formula is C17H21ClF3N5O2. The molecule has 154 valence electrons. The number of alkyl halides is 3. The summed E-state index contributed by atoms with van der Waals surface area (Å²) in [7, 11) is 4.43. The van der Waals surface area contributed by atoms with Crippen LogP contribution in [0.2, 0.25) is 0 Å². The number of amides is 2. The fraction of sp³-hybridized carbons (Fsp3) is 0.353. The van der Waals surface area contributed by atoms with Crippen LogP contribution >= 0.6 is 12.4 Å². The number of carbonyl (C=O) groups is 2. The van der Waals surface area contributed by atoms with Crippen molar-refractivity contribution in [3.8, 4) is 0 Å². The highest BCUT2D eigenvalue weighted by Gasteiger charge is 2.41. The summed E-state index contributed by atoms with van der Waals surface area (Å²) < 4.78 is 39.0. The van der Waals surface area contributed by atoms with E-state index in [-0.39, 0.29) is 24.9 Å². The number of benzene rings is 1. The summed E-state index contributed by atoms with van der Waals surface area (Å²) in [5, 5.41) is 9.62. The van der Waals surface area contributed by atoms with Crippen molar-refractivity contribution in [2.75, 3.05) is 19.4 Å². The Hall–Kier alpha value is -2.59. The third-order valence-electron chi connectivity index (χ3n) is 3.81. The van der Waals surface area contributed by atoms with Crippen LogP contribution < -0.4 is 10.6 Å². The van der Waals surface area contributed by atoms with Crippen LogP contribution in [-0.2, 0) is 23.2 Å². The number of carbonyl (C=O) groups excluding carboxylic acids is 2. The predicted molar refractivity (Wildman–Crippen MR) is 99.9 cm³/mol. The Labute approximate surface area is 166 Å². The first kappa shape index (κ1) is 23.4. The number of aromatic nitrogens is 2. The zero-order valence-corrected chi connectivity index (χ0v) is 16.3. The quantitative estimate of drug-likeness (QED) is 0.752. The van der Waals surface area contributed by atoms with Gasteiger partial charge in [0.2, 0.25) is 5.91 Å². The minimum Gasteiger partial charge on any atom is -0.334 e. The van der Waals surface area contributed by atoms with Crippen molar-refractivity contribution < 1.29 is 22.8 Å². The normalized spacial score (nSPS) is 12.1. The van der Waals surface area contributed by atoms with Gasteiger partial charge in [-0.2, -0.15) is 18.3 Å². The van der Waals surface area contributed by atoms with Crippen molar-refractivity contribution in [3.05, 3.63) is 47.8 Å². The third-order valence-corrected chi connectivity index (χ3v) is 3.81. The van der Waals surface area contributed by atoms with Crippen molar-refractivity contribution in [2.24, 2.45) is 7.05 Å². The Bertz CT molecular complexity index is 825. The molecule has 0 saturated heterocycles. The largest absolute Gasteiger partial charge is 0.471 e. The Kier molecular flexibility index (Phi) is 8.01. The maximum Gasteiger partial charge on any atom is 0.471 e. The Morgan fingerprint density at radius 2 is 2.00 bits per heavy atom. The van der Waals surface area contributed by atoms with Crippen molar-refractivity contribution in [2.45, 2.75) is 18.8 Å². The smallest absolute Gasteiger partial charge is 0.334 e. The van der Waals surface area contributed by atoms with Gasteiger partial charge in [0.15, 0.2) is 0 Å². The van der Waals surface area contributed by atoms with Crippen LogP contribution in [-0.4, -0.2) is 46.8 Å². The molecule has 2 aromatic rings. The Morgan fingerprint density at radius 1 is 1.32 bits per heavy atom. The summed E-state index contributed by atoms with van der Waals surface area (Å²) in [5.74, 6) is -2.27. The van der Waals surface area contributed by atoms with E-state index in [1.54, 1.807) is 49.4 Å². The van der Waals surface area contributed by atoms with Crippen LogP contribution in [0, 0.1) is 0 Å². The van der Waals surface area contributed by atoms with E-state index in [2.05, 4.69) is 15.7 Å². The number of nitrogens with zero attached hydrogens (tertiary/aromatic N) is 3. The van der Waals surface area contributed by atoms with Gasteiger partial charge in [0.05, 0.1) is 6.20 Å². The maximum atomic E-state index is 12.5. The standard InChI is InChI=1S/C17H20F3N5O2.ClH/c1-21-14(12-8-22-25(3)10-12)15(26)23-13-6-4-5-11(7-13)9-24(2)16(27)17(18,19)20;/h4-8,10,14,21H,9H2,1-3H3,(H,23,26);1H. The average Bonchev–Trinajstić information content (AvgIpc) is 3.00. The van der Waals surface area contributed by atoms with E-state index < -0.39 is 18.1 Å². The monoisotopic (exact) mass is 419 g/mol. The van der Waals surface area contributed by atoms with Crippen molar-refractivity contribution in [1.82, 2.24) is 20.0 Å². The zero-order valence-electron chi connectivity index (χ0n) is 15.4. The average molecular weight is 420 g/mol. The number of likely N-dealkylation sites (N-methyl/N-ethyl adjacent to an activating group) is 1. The number of hydrogen-bond donors (Lipinski definition) is 2. The molecule has 11 heteroatoms. The number of rotatable bonds is 6. The fourth-order valence-corrected chi connectivity index (χ4v) is 2.56. The van der Waals surface area contributed by atoms with Crippen LogP contribution in [0.5, 0.6) is 0 Å². The first-order valence-electron chi connectivity index (χ1n) is 7.99. The second kappa shape index (κ2) is 9.56. The summed E-state index contributed by atoms with van der Waals surface area (Å²) in [6.45, 7) is -0.236. The summed E-state index contributed by atoms with van der Waals surface area (Å²) in [6, 6.07) is 5.66. The zero-order chi connectivity index (χ0) is 20.2. The lowest BCUT2D eigenvalue weighted by Gasteiger charge is -2.19. The van der Waals surface area contributed by atoms with Gasteiger partial charge < -0.3 is 15.5 Å². The minimum absolute atomic E-state index is 0. The molecule has 1 aromatic carbocycles. The Morgan fingerprint density at radius 3 is 2.54 bits per heavy atom. The number of hydrogen-bond acceptors (Lipinski definition) is 4. The van der Waals surface area contributed by atoms with Gasteiger partial charge in [0.1, 0.15) is 6.04 Å². The highest BCUT2D eigenvalue weighted by atomic mass is 35.5. The first-order chi connectivity index (χ1) is 12.6. The van der Waals surface area contributed by atoms with Gasteiger partial charge in [-0.3, -0.25) is 14.3 Å². The molecule has 0 aliphatic rings. The van der Waals surface area contributed by atoms with Crippen LogP contribution in [0.1, 0.15) is 17.2 Å². The molecule has 0 aliphatic heterocycles. The van der Waals surface area contributed by atoms with Crippen LogP contribution in [0.3, 0.4) is 0 Å². The molecule has 0 fully saturated rings. The van der Waals surface area contributed by atoms with E-state index >= 15 is 0 Å². The van der Waals surface area contributed by atoms with E-state index in [4.69, 9.17) is 0 Å². The molecule has 1 atom stereocenters. The van der Waals surface area contributed by atoms with Gasteiger partial charge in [0.25, 0.3) is 0 Å². The molecule has 0 aliphatic carbocycles. The van der Waals surface area contributed by atoms with E-state index in [0.717, 1.165) is 7.05 Å². The number of halogens is 4. The van der Waals surface area contributed by atoms with E-state index in [0.29, 0.717) is 21.7 Å². The maximum absolute atomic E-state index is 12.5. The minimum atomic E-state index is -4.93. The highest BCUT2D eigenvalue weighted by Crippen LogP contribution is 2.20. The van der Waals surface area contributed by atoms with E-state index in [1.165, 1.54) is 6.07 Å². The second-order valence-electron chi connectivity index (χ2n) is 6.02. The van der Waals surface area contributed by atoms with Gasteiger partial charge in [0, 0.05) is 38.1 Å².